The summed E-state index contributed by atoms with van der Waals surface area (Å²) in [4.78, 5) is 0. The standard InChI is InChI=1S/C12H17NS/c1-3-6-12(10-13,7-4-2)11-5-8-14-9-11/h3-5,8-9H,1-2,6-7,10,13H2. The second-order valence-electron chi connectivity index (χ2n) is 3.48. The molecule has 1 heterocycles. The molecule has 0 fully saturated rings. The van der Waals surface area contributed by atoms with Crippen LogP contribution < -0.4 is 5.73 Å². The highest BCUT2D eigenvalue weighted by atomic mass is 32.1. The zero-order valence-electron chi connectivity index (χ0n) is 8.41. The van der Waals surface area contributed by atoms with Crippen molar-refractivity contribution in [3.05, 3.63) is 47.7 Å². The second-order valence-corrected chi connectivity index (χ2v) is 4.26. The monoisotopic (exact) mass is 207 g/mol. The predicted octanol–water partition coefficient (Wildman–Crippen LogP) is 3.10. The SMILES string of the molecule is C=CCC(CN)(CC=C)c1ccsc1. The molecule has 0 unspecified atom stereocenters. The van der Waals surface area contributed by atoms with Crippen molar-refractivity contribution >= 4 is 11.3 Å². The Morgan fingerprint density at radius 2 is 2.00 bits per heavy atom. The van der Waals surface area contributed by atoms with Crippen LogP contribution >= 0.6 is 11.3 Å². The molecule has 0 aromatic carbocycles. The van der Waals surface area contributed by atoms with E-state index in [1.165, 1.54) is 5.56 Å². The molecule has 0 saturated heterocycles. The molecule has 76 valence electrons. The first-order valence-corrected chi connectivity index (χ1v) is 5.68. The molecular weight excluding hydrogens is 190 g/mol. The molecule has 0 spiro atoms. The van der Waals surface area contributed by atoms with Crippen molar-refractivity contribution in [1.82, 2.24) is 0 Å². The Bertz CT molecular complexity index is 277. The molecule has 0 aliphatic heterocycles. The fraction of sp³-hybridized carbons (Fsp3) is 0.333. The molecular formula is C12H17NS. The van der Waals surface area contributed by atoms with Gasteiger partial charge < -0.3 is 5.73 Å². The summed E-state index contributed by atoms with van der Waals surface area (Å²) in [5, 5.41) is 4.26. The van der Waals surface area contributed by atoms with E-state index in [1.807, 2.05) is 12.2 Å². The molecule has 1 aromatic rings. The summed E-state index contributed by atoms with van der Waals surface area (Å²) in [6.45, 7) is 8.24. The van der Waals surface area contributed by atoms with Crippen LogP contribution in [0.1, 0.15) is 18.4 Å². The molecule has 0 saturated carbocycles. The van der Waals surface area contributed by atoms with Crippen LogP contribution in [0.4, 0.5) is 0 Å². The Kier molecular flexibility index (Phi) is 4.11. The van der Waals surface area contributed by atoms with E-state index in [0.717, 1.165) is 12.8 Å². The molecule has 0 amide bonds. The van der Waals surface area contributed by atoms with E-state index in [1.54, 1.807) is 11.3 Å². The van der Waals surface area contributed by atoms with Crippen LogP contribution in [0.3, 0.4) is 0 Å². The fourth-order valence-corrected chi connectivity index (χ4v) is 2.50. The third-order valence-corrected chi connectivity index (χ3v) is 3.28. The van der Waals surface area contributed by atoms with Crippen molar-refractivity contribution in [2.24, 2.45) is 5.73 Å². The lowest BCUT2D eigenvalue weighted by Crippen LogP contribution is -2.33. The molecule has 2 heteroatoms. The van der Waals surface area contributed by atoms with Gasteiger partial charge in [0.15, 0.2) is 0 Å². The molecule has 1 rings (SSSR count). The van der Waals surface area contributed by atoms with E-state index in [9.17, 15) is 0 Å². The Labute approximate surface area is 90.0 Å². The number of hydrogen-bond donors (Lipinski definition) is 1. The number of thiophene rings is 1. The van der Waals surface area contributed by atoms with Crippen LogP contribution in [0, 0.1) is 0 Å². The van der Waals surface area contributed by atoms with E-state index in [-0.39, 0.29) is 5.41 Å². The first-order chi connectivity index (χ1) is 6.79. The van der Waals surface area contributed by atoms with Crippen LogP contribution in [-0.4, -0.2) is 6.54 Å². The van der Waals surface area contributed by atoms with Gasteiger partial charge in [-0.15, -0.1) is 13.2 Å². The van der Waals surface area contributed by atoms with Gasteiger partial charge in [0.1, 0.15) is 0 Å². The van der Waals surface area contributed by atoms with Crippen molar-refractivity contribution in [1.29, 1.82) is 0 Å². The highest BCUT2D eigenvalue weighted by Gasteiger charge is 2.28. The summed E-state index contributed by atoms with van der Waals surface area (Å²) in [6, 6.07) is 2.14. The summed E-state index contributed by atoms with van der Waals surface area (Å²) in [6.07, 6.45) is 5.70. The van der Waals surface area contributed by atoms with Gasteiger partial charge in [-0.2, -0.15) is 11.3 Å². The first kappa shape index (κ1) is 11.2. The van der Waals surface area contributed by atoms with Gasteiger partial charge in [-0.25, -0.2) is 0 Å². The van der Waals surface area contributed by atoms with Gasteiger partial charge in [0.2, 0.25) is 0 Å². The Morgan fingerprint density at radius 3 is 2.36 bits per heavy atom. The maximum absolute atomic E-state index is 5.88. The van der Waals surface area contributed by atoms with E-state index in [0.29, 0.717) is 6.54 Å². The number of nitrogens with two attached hydrogens (primary N) is 1. The molecule has 0 bridgehead atoms. The Balaban J connectivity index is 2.99. The molecule has 2 N–H and O–H groups in total. The van der Waals surface area contributed by atoms with Gasteiger partial charge in [0, 0.05) is 12.0 Å². The summed E-state index contributed by atoms with van der Waals surface area (Å²) in [5.74, 6) is 0. The average molecular weight is 207 g/mol. The Hall–Kier alpha value is -0.860. The minimum atomic E-state index is 0.0174. The molecule has 14 heavy (non-hydrogen) atoms. The maximum atomic E-state index is 5.88. The maximum Gasteiger partial charge on any atom is 0.0152 e. The normalized spacial score (nSPS) is 11.2. The lowest BCUT2D eigenvalue weighted by Gasteiger charge is -2.29. The van der Waals surface area contributed by atoms with Gasteiger partial charge >= 0.3 is 0 Å². The minimum Gasteiger partial charge on any atom is -0.330 e. The van der Waals surface area contributed by atoms with Crippen LogP contribution in [0.15, 0.2) is 42.1 Å². The van der Waals surface area contributed by atoms with Gasteiger partial charge in [-0.05, 0) is 35.2 Å². The van der Waals surface area contributed by atoms with Crippen molar-refractivity contribution in [3.63, 3.8) is 0 Å². The largest absolute Gasteiger partial charge is 0.330 e. The van der Waals surface area contributed by atoms with Crippen molar-refractivity contribution < 1.29 is 0 Å². The van der Waals surface area contributed by atoms with Gasteiger partial charge in [0.05, 0.1) is 0 Å². The van der Waals surface area contributed by atoms with Crippen molar-refractivity contribution in [2.45, 2.75) is 18.3 Å². The van der Waals surface area contributed by atoms with E-state index >= 15 is 0 Å². The lowest BCUT2D eigenvalue weighted by atomic mass is 9.76. The topological polar surface area (TPSA) is 26.0 Å². The quantitative estimate of drug-likeness (QED) is 0.713. The third-order valence-electron chi connectivity index (χ3n) is 2.59. The van der Waals surface area contributed by atoms with Crippen LogP contribution in [0.5, 0.6) is 0 Å². The molecule has 1 nitrogen and oxygen atoms in total. The van der Waals surface area contributed by atoms with Gasteiger partial charge in [0.25, 0.3) is 0 Å². The van der Waals surface area contributed by atoms with Crippen LogP contribution in [0.2, 0.25) is 0 Å². The predicted molar refractivity (Wildman–Crippen MR) is 64.7 cm³/mol. The van der Waals surface area contributed by atoms with Crippen LogP contribution in [-0.2, 0) is 5.41 Å². The fourth-order valence-electron chi connectivity index (χ4n) is 1.72. The summed E-state index contributed by atoms with van der Waals surface area (Å²) >= 11 is 1.71. The van der Waals surface area contributed by atoms with Crippen LogP contribution in [0.25, 0.3) is 0 Å². The first-order valence-electron chi connectivity index (χ1n) is 4.73. The third kappa shape index (κ3) is 2.14. The van der Waals surface area contributed by atoms with Gasteiger partial charge in [-0.1, -0.05) is 12.2 Å². The van der Waals surface area contributed by atoms with Crippen molar-refractivity contribution in [3.8, 4) is 0 Å². The summed E-state index contributed by atoms with van der Waals surface area (Å²) in [5.41, 5.74) is 7.21. The molecule has 0 radical (unpaired) electrons. The number of allylic oxidation sites excluding steroid dienone is 2. The van der Waals surface area contributed by atoms with Crippen molar-refractivity contribution in [2.75, 3.05) is 6.54 Å². The lowest BCUT2D eigenvalue weighted by molar-refractivity contribution is 0.449. The van der Waals surface area contributed by atoms with E-state index < -0.39 is 0 Å². The molecule has 1 aromatic heterocycles. The zero-order chi connectivity index (χ0) is 10.4. The number of rotatable bonds is 6. The molecule has 0 atom stereocenters. The van der Waals surface area contributed by atoms with E-state index in [2.05, 4.69) is 30.0 Å². The number of hydrogen-bond acceptors (Lipinski definition) is 2. The smallest absolute Gasteiger partial charge is 0.0152 e. The minimum absolute atomic E-state index is 0.0174. The average Bonchev–Trinajstić information content (AvgIpc) is 2.70. The highest BCUT2D eigenvalue weighted by molar-refractivity contribution is 7.08. The molecule has 0 aliphatic carbocycles. The summed E-state index contributed by atoms with van der Waals surface area (Å²) in [7, 11) is 0. The zero-order valence-corrected chi connectivity index (χ0v) is 9.22. The molecule has 0 aliphatic rings. The van der Waals surface area contributed by atoms with E-state index in [4.69, 9.17) is 5.73 Å². The van der Waals surface area contributed by atoms with Gasteiger partial charge in [-0.3, -0.25) is 0 Å². The summed E-state index contributed by atoms with van der Waals surface area (Å²) < 4.78 is 0. The second kappa shape index (κ2) is 5.13. The highest BCUT2D eigenvalue weighted by Crippen LogP contribution is 2.33. The Morgan fingerprint density at radius 1 is 1.36 bits per heavy atom.